The number of phenolic OH excluding ortho intramolecular Hbond substituents is 1. The lowest BCUT2D eigenvalue weighted by Crippen LogP contribution is -2.58. The third-order valence-corrected chi connectivity index (χ3v) is 14.8. The van der Waals surface area contributed by atoms with Crippen molar-refractivity contribution in [2.24, 2.45) is 50.7 Å². The molecule has 0 aromatic heterocycles. The number of fused-ring (bicyclic) bond motifs is 2. The summed E-state index contributed by atoms with van der Waals surface area (Å²) in [6.07, 6.45) is 20.1. The zero-order chi connectivity index (χ0) is 31.7. The zero-order valence-electron chi connectivity index (χ0n) is 28.8. The molecule has 4 heteroatoms. The Kier molecular flexibility index (Phi) is 7.89. The lowest BCUT2D eigenvalue weighted by Gasteiger charge is -2.63. The van der Waals surface area contributed by atoms with Crippen LogP contribution in [0.4, 0.5) is 0 Å². The number of hydrogen-bond acceptors (Lipinski definition) is 4. The third-order valence-electron chi connectivity index (χ3n) is 14.8. The van der Waals surface area contributed by atoms with E-state index < -0.39 is 0 Å². The van der Waals surface area contributed by atoms with Gasteiger partial charge in [-0.15, -0.1) is 0 Å². The molecule has 0 bridgehead atoms. The molecule has 0 radical (unpaired) electrons. The van der Waals surface area contributed by atoms with E-state index in [1.165, 1.54) is 83.0 Å². The van der Waals surface area contributed by atoms with Crippen molar-refractivity contribution in [3.8, 4) is 11.5 Å². The maximum absolute atomic E-state index is 13.1. The van der Waals surface area contributed by atoms with E-state index in [-0.39, 0.29) is 23.2 Å². The van der Waals surface area contributed by atoms with Crippen LogP contribution in [0, 0.1) is 50.7 Å². The summed E-state index contributed by atoms with van der Waals surface area (Å²) < 4.78 is 11.4. The molecule has 1 N–H and O–H groups in total. The van der Waals surface area contributed by atoms with E-state index >= 15 is 0 Å². The van der Waals surface area contributed by atoms with Gasteiger partial charge in [0.15, 0.2) is 11.5 Å². The standard InChI is InChI=1S/C40H58O4/c1-26(2)10-9-11-27(3)29-18-20-38(7)33-16-15-32-36(4,5)34(19-21-39(32)25-40(33,39)23-22-37(29,38)6)44-35(42)17-13-28-12-14-30(41)31(24-28)43-8/h10,12-14,17,24,27,29,32-34,41H,9,11,15-16,18-23,25H2,1-8H3/b17-13+/t27?,29-,32?,33?,34+,37-,38+,39-,40+/m1/s1. The lowest BCUT2D eigenvalue weighted by molar-refractivity contribution is -0.179. The van der Waals surface area contributed by atoms with Gasteiger partial charge in [-0.3, -0.25) is 0 Å². The summed E-state index contributed by atoms with van der Waals surface area (Å²) >= 11 is 0. The predicted octanol–water partition coefficient (Wildman–Crippen LogP) is 10.1. The molecule has 5 saturated carbocycles. The minimum Gasteiger partial charge on any atom is -0.504 e. The molecule has 44 heavy (non-hydrogen) atoms. The number of aromatic hydroxyl groups is 1. The van der Waals surface area contributed by atoms with Crippen molar-refractivity contribution in [3.63, 3.8) is 0 Å². The molecular weight excluding hydrogens is 544 g/mol. The molecule has 1 aromatic carbocycles. The number of esters is 1. The fraction of sp³-hybridized carbons (Fsp3) is 0.725. The number of hydrogen-bond donors (Lipinski definition) is 1. The largest absolute Gasteiger partial charge is 0.504 e. The average Bonchev–Trinajstić information content (AvgIpc) is 3.55. The summed E-state index contributed by atoms with van der Waals surface area (Å²) in [5, 5.41) is 9.88. The van der Waals surface area contributed by atoms with Gasteiger partial charge in [-0.25, -0.2) is 4.79 Å². The predicted molar refractivity (Wildman–Crippen MR) is 178 cm³/mol. The molecule has 0 heterocycles. The Morgan fingerprint density at radius 3 is 2.43 bits per heavy atom. The second-order valence-electron chi connectivity index (χ2n) is 17.0. The van der Waals surface area contributed by atoms with Crippen LogP contribution in [0.3, 0.4) is 0 Å². The maximum atomic E-state index is 13.1. The van der Waals surface area contributed by atoms with E-state index in [9.17, 15) is 9.90 Å². The molecule has 5 aliphatic carbocycles. The number of allylic oxidation sites excluding steroid dienone is 2. The Balaban J connectivity index is 1.15. The van der Waals surface area contributed by atoms with E-state index in [0.717, 1.165) is 29.7 Å². The number of methoxy groups -OCH3 is 1. The second kappa shape index (κ2) is 10.9. The number of rotatable bonds is 8. The van der Waals surface area contributed by atoms with E-state index in [1.807, 2.05) is 0 Å². The van der Waals surface area contributed by atoms with Gasteiger partial charge < -0.3 is 14.6 Å². The highest BCUT2D eigenvalue weighted by atomic mass is 16.5. The van der Waals surface area contributed by atoms with Gasteiger partial charge in [0, 0.05) is 11.5 Å². The highest BCUT2D eigenvalue weighted by Crippen LogP contribution is 2.89. The van der Waals surface area contributed by atoms with Gasteiger partial charge in [0.05, 0.1) is 7.11 Å². The van der Waals surface area contributed by atoms with Crippen LogP contribution in [0.2, 0.25) is 0 Å². The molecule has 0 aliphatic heterocycles. The smallest absolute Gasteiger partial charge is 0.331 e. The monoisotopic (exact) mass is 602 g/mol. The van der Waals surface area contributed by atoms with Gasteiger partial charge in [-0.1, -0.05) is 52.3 Å². The topological polar surface area (TPSA) is 55.8 Å². The van der Waals surface area contributed by atoms with Crippen LogP contribution in [0.25, 0.3) is 6.08 Å². The minimum atomic E-state index is -0.276. The third kappa shape index (κ3) is 4.62. The number of phenols is 1. The summed E-state index contributed by atoms with van der Waals surface area (Å²) in [6.45, 7) is 17.2. The normalized spacial score (nSPS) is 40.6. The first-order chi connectivity index (χ1) is 20.7. The van der Waals surface area contributed by atoms with Crippen LogP contribution in [-0.4, -0.2) is 24.3 Å². The summed E-state index contributed by atoms with van der Waals surface area (Å²) in [5.41, 5.74) is 4.08. The molecule has 5 aliphatic rings. The molecule has 2 spiro atoms. The Morgan fingerprint density at radius 1 is 0.977 bits per heavy atom. The summed E-state index contributed by atoms with van der Waals surface area (Å²) in [5.74, 6) is 3.33. The Morgan fingerprint density at radius 2 is 1.70 bits per heavy atom. The van der Waals surface area contributed by atoms with Crippen molar-refractivity contribution in [2.45, 2.75) is 125 Å². The highest BCUT2D eigenvalue weighted by molar-refractivity contribution is 5.87. The van der Waals surface area contributed by atoms with Gasteiger partial charge in [0.2, 0.25) is 0 Å². The molecule has 1 aromatic rings. The van der Waals surface area contributed by atoms with Crippen LogP contribution in [0.5, 0.6) is 11.5 Å². The fourth-order valence-corrected chi connectivity index (χ4v) is 12.5. The van der Waals surface area contributed by atoms with E-state index in [4.69, 9.17) is 9.47 Å². The van der Waals surface area contributed by atoms with Crippen molar-refractivity contribution >= 4 is 12.0 Å². The first-order valence-corrected chi connectivity index (χ1v) is 17.6. The van der Waals surface area contributed by atoms with Gasteiger partial charge >= 0.3 is 5.97 Å². The number of carbonyl (C=O) groups is 1. The maximum Gasteiger partial charge on any atom is 0.331 e. The van der Waals surface area contributed by atoms with E-state index in [2.05, 4.69) is 54.5 Å². The lowest BCUT2D eigenvalue weighted by atomic mass is 9.41. The van der Waals surface area contributed by atoms with Gasteiger partial charge in [-0.2, -0.15) is 0 Å². The van der Waals surface area contributed by atoms with Crippen LogP contribution in [-0.2, 0) is 9.53 Å². The quantitative estimate of drug-likeness (QED) is 0.183. The Labute approximate surface area is 267 Å². The summed E-state index contributed by atoms with van der Waals surface area (Å²) in [7, 11) is 1.53. The van der Waals surface area contributed by atoms with Crippen molar-refractivity contribution in [2.75, 3.05) is 7.11 Å². The number of benzene rings is 1. The zero-order valence-corrected chi connectivity index (χ0v) is 28.8. The van der Waals surface area contributed by atoms with Crippen molar-refractivity contribution in [1.82, 2.24) is 0 Å². The molecule has 5 fully saturated rings. The summed E-state index contributed by atoms with van der Waals surface area (Å²) in [4.78, 5) is 13.1. The van der Waals surface area contributed by atoms with Crippen molar-refractivity contribution in [1.29, 1.82) is 0 Å². The Hall–Kier alpha value is -2.23. The number of ether oxygens (including phenoxy) is 2. The van der Waals surface area contributed by atoms with Crippen molar-refractivity contribution < 1.29 is 19.4 Å². The van der Waals surface area contributed by atoms with Gasteiger partial charge in [0.1, 0.15) is 6.10 Å². The van der Waals surface area contributed by atoms with Crippen LogP contribution in [0.1, 0.15) is 125 Å². The molecule has 0 amide bonds. The molecule has 4 nitrogen and oxygen atoms in total. The molecular formula is C40H58O4. The molecule has 0 saturated heterocycles. The molecule has 3 unspecified atom stereocenters. The molecule has 242 valence electrons. The first-order valence-electron chi connectivity index (χ1n) is 17.6. The Bertz CT molecular complexity index is 1340. The van der Waals surface area contributed by atoms with Crippen LogP contribution < -0.4 is 4.74 Å². The highest BCUT2D eigenvalue weighted by Gasteiger charge is 2.82. The molecule has 6 rings (SSSR count). The van der Waals surface area contributed by atoms with Crippen LogP contribution in [0.15, 0.2) is 35.9 Å². The van der Waals surface area contributed by atoms with Crippen LogP contribution >= 0.6 is 0 Å². The minimum absolute atomic E-state index is 0.0305. The van der Waals surface area contributed by atoms with Crippen molar-refractivity contribution in [3.05, 3.63) is 41.5 Å². The fourth-order valence-electron chi connectivity index (χ4n) is 12.5. The second-order valence-corrected chi connectivity index (χ2v) is 17.0. The van der Waals surface area contributed by atoms with Gasteiger partial charge in [0.25, 0.3) is 0 Å². The molecule has 9 atom stereocenters. The number of carbonyl (C=O) groups excluding carboxylic acids is 1. The SMILES string of the molecule is COc1cc(/C=C/C(=O)O[C@H]2CC[C@]34C[C@]35CC[C@]3(C)[C@@H](C(C)CCC=C(C)C)CC[C@@]3(C)C5CCC4C2(C)C)ccc1O. The van der Waals surface area contributed by atoms with E-state index in [1.54, 1.807) is 24.3 Å². The average molecular weight is 603 g/mol. The van der Waals surface area contributed by atoms with E-state index in [0.29, 0.717) is 33.3 Å². The summed E-state index contributed by atoms with van der Waals surface area (Å²) in [6, 6.07) is 5.09. The first kappa shape index (κ1) is 31.7. The van der Waals surface area contributed by atoms with Gasteiger partial charge in [-0.05, 0) is 154 Å².